The summed E-state index contributed by atoms with van der Waals surface area (Å²) in [4.78, 5) is 17.2. The molecule has 0 saturated heterocycles. The van der Waals surface area contributed by atoms with Crippen LogP contribution in [0.4, 0.5) is 0 Å². The number of thiazole rings is 1. The number of nitrogens with zero attached hydrogens (tertiary/aromatic N) is 3. The summed E-state index contributed by atoms with van der Waals surface area (Å²) in [6.45, 7) is 7.06. The highest BCUT2D eigenvalue weighted by molar-refractivity contribution is 7.13. The lowest BCUT2D eigenvalue weighted by Gasteiger charge is -2.39. The lowest BCUT2D eigenvalue weighted by atomic mass is 9.69. The van der Waals surface area contributed by atoms with E-state index in [-0.39, 0.29) is 17.4 Å². The molecule has 1 N–H and O–H groups in total. The second-order valence-corrected chi connectivity index (χ2v) is 8.94. The second-order valence-electron chi connectivity index (χ2n) is 8.08. The van der Waals surface area contributed by atoms with Crippen molar-refractivity contribution in [3.8, 4) is 10.6 Å². The molecule has 128 valence electrons. The average molecular weight is 344 g/mol. The van der Waals surface area contributed by atoms with Crippen molar-refractivity contribution in [2.75, 3.05) is 0 Å². The average Bonchev–Trinajstić information content (AvgIpc) is 3.24. The number of hydrogen-bond acceptors (Lipinski definition) is 4. The van der Waals surface area contributed by atoms with Gasteiger partial charge in [0.25, 0.3) is 5.91 Å². The molecule has 2 aliphatic rings. The van der Waals surface area contributed by atoms with Gasteiger partial charge in [0.1, 0.15) is 10.7 Å². The number of amides is 1. The Morgan fingerprint density at radius 3 is 2.79 bits per heavy atom. The van der Waals surface area contributed by atoms with Gasteiger partial charge < -0.3 is 5.32 Å². The minimum Gasteiger partial charge on any atom is -0.347 e. The van der Waals surface area contributed by atoms with Crippen molar-refractivity contribution in [1.82, 2.24) is 20.1 Å². The predicted molar refractivity (Wildman–Crippen MR) is 94.8 cm³/mol. The maximum atomic E-state index is 12.7. The molecule has 0 spiro atoms. The van der Waals surface area contributed by atoms with Crippen LogP contribution in [-0.2, 0) is 7.05 Å². The molecule has 0 aromatic carbocycles. The minimum absolute atomic E-state index is 0.0454. The van der Waals surface area contributed by atoms with E-state index in [0.717, 1.165) is 17.0 Å². The summed E-state index contributed by atoms with van der Waals surface area (Å²) >= 11 is 1.49. The topological polar surface area (TPSA) is 59.8 Å². The summed E-state index contributed by atoms with van der Waals surface area (Å²) in [5.41, 5.74) is 1.96. The van der Waals surface area contributed by atoms with Gasteiger partial charge in [-0.15, -0.1) is 11.3 Å². The fraction of sp³-hybridized carbons (Fsp3) is 0.611. The lowest BCUT2D eigenvalue weighted by molar-refractivity contribution is 0.0822. The van der Waals surface area contributed by atoms with Gasteiger partial charge in [0.2, 0.25) is 0 Å². The Morgan fingerprint density at radius 1 is 1.42 bits per heavy atom. The van der Waals surface area contributed by atoms with Crippen LogP contribution in [0, 0.1) is 16.7 Å². The van der Waals surface area contributed by atoms with E-state index >= 15 is 0 Å². The summed E-state index contributed by atoms with van der Waals surface area (Å²) in [5.74, 6) is 0.671. The van der Waals surface area contributed by atoms with E-state index in [1.807, 2.05) is 18.6 Å². The fourth-order valence-electron chi connectivity index (χ4n) is 4.70. The molecule has 0 aliphatic heterocycles. The number of hydrogen-bond donors (Lipinski definition) is 1. The van der Waals surface area contributed by atoms with Crippen LogP contribution in [0.5, 0.6) is 0 Å². The Kier molecular flexibility index (Phi) is 3.39. The number of carbonyl (C=O) groups excluding carboxylic acids is 1. The normalized spacial score (nSPS) is 30.7. The molecule has 2 aliphatic carbocycles. The van der Waals surface area contributed by atoms with Crippen LogP contribution in [0.3, 0.4) is 0 Å². The van der Waals surface area contributed by atoms with Crippen LogP contribution in [0.2, 0.25) is 0 Å². The van der Waals surface area contributed by atoms with Crippen molar-refractivity contribution in [1.29, 1.82) is 0 Å². The molecule has 24 heavy (non-hydrogen) atoms. The van der Waals surface area contributed by atoms with Crippen LogP contribution >= 0.6 is 11.3 Å². The zero-order chi connectivity index (χ0) is 17.1. The summed E-state index contributed by atoms with van der Waals surface area (Å²) in [6.07, 6.45) is 7.28. The van der Waals surface area contributed by atoms with Crippen LogP contribution < -0.4 is 5.32 Å². The van der Waals surface area contributed by atoms with Crippen LogP contribution in [0.1, 0.15) is 50.5 Å². The Hall–Kier alpha value is -1.69. The zero-order valence-electron chi connectivity index (χ0n) is 14.7. The third-order valence-corrected chi connectivity index (χ3v) is 7.68. The SMILES string of the molecule is Cn1cc(-c2nc(C(=O)N[C@H]3C[C@H]4CC[C@@]3(C)C4(C)C)cs2)cn1. The lowest BCUT2D eigenvalue weighted by Crippen LogP contribution is -2.46. The van der Waals surface area contributed by atoms with E-state index in [0.29, 0.717) is 17.0 Å². The summed E-state index contributed by atoms with van der Waals surface area (Å²) in [6, 6.07) is 0.252. The van der Waals surface area contributed by atoms with Crippen LogP contribution in [0.25, 0.3) is 10.6 Å². The maximum absolute atomic E-state index is 12.7. The van der Waals surface area contributed by atoms with Crippen molar-refractivity contribution in [2.45, 2.75) is 46.1 Å². The van der Waals surface area contributed by atoms with Crippen molar-refractivity contribution in [3.05, 3.63) is 23.5 Å². The van der Waals surface area contributed by atoms with Crippen molar-refractivity contribution < 1.29 is 4.79 Å². The standard InChI is InChI=1S/C18H24N4OS/c1-17(2)12-5-6-18(17,3)14(7-12)21-15(23)13-10-24-16(20-13)11-8-19-22(4)9-11/h8-10,12,14H,5-7H2,1-4H3,(H,21,23)/t12-,14+,18-/m1/s1. The first kappa shape index (κ1) is 15.8. The van der Waals surface area contributed by atoms with Crippen LogP contribution in [-0.4, -0.2) is 26.7 Å². The predicted octanol–water partition coefficient (Wildman–Crippen LogP) is 3.49. The highest BCUT2D eigenvalue weighted by Crippen LogP contribution is 2.65. The molecule has 5 nitrogen and oxygen atoms in total. The quantitative estimate of drug-likeness (QED) is 0.927. The molecule has 2 fully saturated rings. The van der Waals surface area contributed by atoms with Gasteiger partial charge in [-0.1, -0.05) is 20.8 Å². The number of nitrogens with one attached hydrogen (secondary N) is 1. The Labute approximate surface area is 146 Å². The summed E-state index contributed by atoms with van der Waals surface area (Å²) in [7, 11) is 1.88. The van der Waals surface area contributed by atoms with Gasteiger partial charge in [0, 0.05) is 30.2 Å². The molecule has 2 saturated carbocycles. The first-order valence-electron chi connectivity index (χ1n) is 8.57. The van der Waals surface area contributed by atoms with E-state index < -0.39 is 0 Å². The molecule has 0 unspecified atom stereocenters. The molecule has 2 heterocycles. The van der Waals surface area contributed by atoms with Gasteiger partial charge in [0.05, 0.1) is 6.20 Å². The van der Waals surface area contributed by atoms with Gasteiger partial charge in [-0.25, -0.2) is 4.98 Å². The van der Waals surface area contributed by atoms with E-state index in [1.54, 1.807) is 10.9 Å². The zero-order valence-corrected chi connectivity index (χ0v) is 15.5. The third kappa shape index (κ3) is 2.15. The first-order chi connectivity index (χ1) is 11.3. The molecule has 0 radical (unpaired) electrons. The van der Waals surface area contributed by atoms with Gasteiger partial charge in [0.15, 0.2) is 0 Å². The molecule has 2 aromatic heterocycles. The number of aromatic nitrogens is 3. The number of aryl methyl sites for hydroxylation is 1. The van der Waals surface area contributed by atoms with Gasteiger partial charge in [-0.3, -0.25) is 9.48 Å². The molecular formula is C18H24N4OS. The van der Waals surface area contributed by atoms with E-state index in [2.05, 4.69) is 36.2 Å². The number of carbonyl (C=O) groups is 1. The van der Waals surface area contributed by atoms with E-state index in [4.69, 9.17) is 0 Å². The number of rotatable bonds is 3. The molecule has 6 heteroatoms. The second kappa shape index (κ2) is 5.15. The molecule has 4 rings (SSSR count). The Balaban J connectivity index is 1.51. The fourth-order valence-corrected chi connectivity index (χ4v) is 5.47. The van der Waals surface area contributed by atoms with Gasteiger partial charge in [-0.2, -0.15) is 5.10 Å². The van der Waals surface area contributed by atoms with E-state index in [1.165, 1.54) is 24.2 Å². The third-order valence-electron chi connectivity index (χ3n) is 6.79. The molecule has 2 bridgehead atoms. The van der Waals surface area contributed by atoms with Crippen molar-refractivity contribution in [2.24, 2.45) is 23.8 Å². The largest absolute Gasteiger partial charge is 0.347 e. The maximum Gasteiger partial charge on any atom is 0.271 e. The highest BCUT2D eigenvalue weighted by atomic mass is 32.1. The van der Waals surface area contributed by atoms with Crippen LogP contribution in [0.15, 0.2) is 17.8 Å². The molecular weight excluding hydrogens is 320 g/mol. The smallest absolute Gasteiger partial charge is 0.271 e. The minimum atomic E-state index is -0.0454. The van der Waals surface area contributed by atoms with Crippen molar-refractivity contribution in [3.63, 3.8) is 0 Å². The van der Waals surface area contributed by atoms with Gasteiger partial charge in [-0.05, 0) is 36.0 Å². The molecule has 3 atom stereocenters. The highest BCUT2D eigenvalue weighted by Gasteiger charge is 2.61. The van der Waals surface area contributed by atoms with Gasteiger partial charge >= 0.3 is 0 Å². The Bertz CT molecular complexity index is 793. The Morgan fingerprint density at radius 2 is 2.21 bits per heavy atom. The van der Waals surface area contributed by atoms with Crippen molar-refractivity contribution >= 4 is 17.2 Å². The molecule has 2 aromatic rings. The first-order valence-corrected chi connectivity index (χ1v) is 9.44. The number of fused-ring (bicyclic) bond motifs is 2. The monoisotopic (exact) mass is 344 g/mol. The summed E-state index contributed by atoms with van der Waals surface area (Å²) in [5, 5.41) is 10.1. The summed E-state index contributed by atoms with van der Waals surface area (Å²) < 4.78 is 1.74. The van der Waals surface area contributed by atoms with E-state index in [9.17, 15) is 4.79 Å². The molecule has 1 amide bonds.